The summed E-state index contributed by atoms with van der Waals surface area (Å²) >= 11 is 13.4. The van der Waals surface area contributed by atoms with Gasteiger partial charge in [0.25, 0.3) is 0 Å². The number of thiazole rings is 1. The van der Waals surface area contributed by atoms with Crippen molar-refractivity contribution in [1.29, 1.82) is 0 Å². The number of rotatable bonds is 3. The second-order valence-electron chi connectivity index (χ2n) is 4.89. The Bertz CT molecular complexity index is 682. The molecule has 21 heavy (non-hydrogen) atoms. The van der Waals surface area contributed by atoms with Crippen molar-refractivity contribution < 1.29 is 9.90 Å². The molecule has 0 saturated heterocycles. The molecule has 3 rings (SSSR count). The van der Waals surface area contributed by atoms with Crippen LogP contribution in [0.3, 0.4) is 0 Å². The van der Waals surface area contributed by atoms with Crippen LogP contribution in [0.25, 0.3) is 0 Å². The van der Waals surface area contributed by atoms with Crippen LogP contribution in [0.5, 0.6) is 0 Å². The molecule has 2 N–H and O–H groups in total. The summed E-state index contributed by atoms with van der Waals surface area (Å²) in [5.74, 6) is -1.30. The van der Waals surface area contributed by atoms with Crippen molar-refractivity contribution in [3.05, 3.63) is 38.8 Å². The van der Waals surface area contributed by atoms with Crippen molar-refractivity contribution in [3.63, 3.8) is 0 Å². The minimum Gasteiger partial charge on any atom is -0.481 e. The summed E-state index contributed by atoms with van der Waals surface area (Å²) < 4.78 is 0. The smallest absolute Gasteiger partial charge is 0.312 e. The minimum absolute atomic E-state index is 0.497. The third-order valence-corrected chi connectivity index (χ3v) is 4.85. The first kappa shape index (κ1) is 14.6. The highest BCUT2D eigenvalue weighted by molar-refractivity contribution is 7.15. The molecule has 1 heterocycles. The highest BCUT2D eigenvalue weighted by Gasteiger charge is 2.29. The summed E-state index contributed by atoms with van der Waals surface area (Å²) in [6, 6.07) is 5.16. The number of hydrogen-bond donors (Lipinski definition) is 2. The number of carboxylic acids is 1. The Morgan fingerprint density at radius 2 is 2.05 bits per heavy atom. The van der Waals surface area contributed by atoms with Crippen molar-refractivity contribution in [3.8, 4) is 0 Å². The second-order valence-corrected chi connectivity index (χ2v) is 6.85. The van der Waals surface area contributed by atoms with Crippen LogP contribution in [0.2, 0.25) is 10.0 Å². The van der Waals surface area contributed by atoms with Gasteiger partial charge in [0.05, 0.1) is 5.69 Å². The number of anilines is 2. The third kappa shape index (κ3) is 3.15. The number of carboxylic acid groups (broad SMARTS) is 1. The predicted octanol–water partition coefficient (Wildman–Crippen LogP) is 4.70. The van der Waals surface area contributed by atoms with Gasteiger partial charge in [0.1, 0.15) is 5.92 Å². The number of fused-ring (bicyclic) bond motifs is 1. The summed E-state index contributed by atoms with van der Waals surface area (Å²) in [7, 11) is 0. The van der Waals surface area contributed by atoms with Crippen molar-refractivity contribution in [2.45, 2.75) is 25.2 Å². The number of aryl methyl sites for hydroxylation is 1. The Morgan fingerprint density at radius 1 is 1.33 bits per heavy atom. The molecule has 1 aliphatic rings. The van der Waals surface area contributed by atoms with Crippen LogP contribution in [0.15, 0.2) is 18.2 Å². The van der Waals surface area contributed by atoms with E-state index >= 15 is 0 Å². The number of halogens is 2. The average Bonchev–Trinajstić information content (AvgIpc) is 2.78. The Kier molecular flexibility index (Phi) is 4.06. The van der Waals surface area contributed by atoms with Gasteiger partial charge in [-0.25, -0.2) is 4.98 Å². The van der Waals surface area contributed by atoms with Crippen molar-refractivity contribution in [2.75, 3.05) is 5.32 Å². The van der Waals surface area contributed by atoms with Gasteiger partial charge in [0.15, 0.2) is 5.13 Å². The maximum atomic E-state index is 11.3. The molecule has 1 aromatic carbocycles. The fourth-order valence-corrected chi connectivity index (χ4v) is 4.07. The molecule has 0 amide bonds. The predicted molar refractivity (Wildman–Crippen MR) is 85.2 cm³/mol. The van der Waals surface area contributed by atoms with Gasteiger partial charge in [-0.15, -0.1) is 11.3 Å². The van der Waals surface area contributed by atoms with Crippen LogP contribution in [-0.4, -0.2) is 16.1 Å². The third-order valence-electron chi connectivity index (χ3n) is 3.37. The van der Waals surface area contributed by atoms with Crippen LogP contribution in [-0.2, 0) is 11.2 Å². The topological polar surface area (TPSA) is 62.2 Å². The van der Waals surface area contributed by atoms with Gasteiger partial charge in [0, 0.05) is 20.6 Å². The van der Waals surface area contributed by atoms with E-state index in [4.69, 9.17) is 23.2 Å². The molecule has 4 nitrogen and oxygen atoms in total. The fourth-order valence-electron chi connectivity index (χ4n) is 2.46. The highest BCUT2D eigenvalue weighted by atomic mass is 35.5. The van der Waals surface area contributed by atoms with Gasteiger partial charge in [0.2, 0.25) is 0 Å². The van der Waals surface area contributed by atoms with Crippen LogP contribution in [0.1, 0.15) is 29.3 Å². The van der Waals surface area contributed by atoms with Gasteiger partial charge in [-0.2, -0.15) is 0 Å². The van der Waals surface area contributed by atoms with E-state index in [0.717, 1.165) is 23.4 Å². The first-order valence-electron chi connectivity index (χ1n) is 6.48. The van der Waals surface area contributed by atoms with E-state index in [2.05, 4.69) is 10.3 Å². The lowest BCUT2D eigenvalue weighted by Gasteiger charge is -2.16. The number of carbonyl (C=O) groups is 1. The van der Waals surface area contributed by atoms with E-state index in [0.29, 0.717) is 27.3 Å². The molecule has 0 bridgehead atoms. The monoisotopic (exact) mass is 342 g/mol. The average molecular weight is 343 g/mol. The molecule has 7 heteroatoms. The molecule has 1 aromatic heterocycles. The number of aromatic nitrogens is 1. The van der Waals surface area contributed by atoms with Gasteiger partial charge >= 0.3 is 5.97 Å². The standard InChI is InChI=1S/C14H12Cl2N2O2S/c15-7-4-8(16)6-9(5-7)17-14-18-12-10(13(19)20)2-1-3-11(12)21-14/h4-6,10H,1-3H2,(H,17,18)(H,19,20). The highest BCUT2D eigenvalue weighted by Crippen LogP contribution is 2.38. The summed E-state index contributed by atoms with van der Waals surface area (Å²) in [5.41, 5.74) is 1.43. The van der Waals surface area contributed by atoms with Gasteiger partial charge in [-0.05, 0) is 37.5 Å². The van der Waals surface area contributed by atoms with Gasteiger partial charge in [-0.1, -0.05) is 23.2 Å². The number of benzene rings is 1. The molecule has 1 atom stereocenters. The number of aliphatic carboxylic acids is 1. The Balaban J connectivity index is 1.89. The maximum absolute atomic E-state index is 11.3. The molecule has 2 aromatic rings. The van der Waals surface area contributed by atoms with Crippen molar-refractivity contribution in [1.82, 2.24) is 4.98 Å². The van der Waals surface area contributed by atoms with Crippen LogP contribution in [0.4, 0.5) is 10.8 Å². The lowest BCUT2D eigenvalue weighted by Crippen LogP contribution is -2.17. The zero-order valence-electron chi connectivity index (χ0n) is 10.9. The normalized spacial score (nSPS) is 17.3. The van der Waals surface area contributed by atoms with Crippen molar-refractivity contribution in [2.24, 2.45) is 0 Å². The van der Waals surface area contributed by atoms with E-state index in [1.54, 1.807) is 18.2 Å². The Hall–Kier alpha value is -1.30. The van der Waals surface area contributed by atoms with Crippen molar-refractivity contribution >= 4 is 51.3 Å². The van der Waals surface area contributed by atoms with E-state index < -0.39 is 11.9 Å². The fraction of sp³-hybridized carbons (Fsp3) is 0.286. The summed E-state index contributed by atoms with van der Waals surface area (Å²) in [6.45, 7) is 0. The molecule has 1 unspecified atom stereocenters. The molecule has 110 valence electrons. The molecular weight excluding hydrogens is 331 g/mol. The Morgan fingerprint density at radius 3 is 2.71 bits per heavy atom. The molecule has 1 aliphatic carbocycles. The lowest BCUT2D eigenvalue weighted by molar-refractivity contribution is -0.139. The molecule has 0 radical (unpaired) electrons. The molecule has 0 saturated carbocycles. The number of nitrogens with zero attached hydrogens (tertiary/aromatic N) is 1. The quantitative estimate of drug-likeness (QED) is 0.848. The molecule has 0 fully saturated rings. The zero-order chi connectivity index (χ0) is 15.0. The second kappa shape index (κ2) is 5.83. The number of nitrogens with one attached hydrogen (secondary N) is 1. The SMILES string of the molecule is O=C(O)C1CCCc2sc(Nc3cc(Cl)cc(Cl)c3)nc21. The summed E-state index contributed by atoms with van der Waals surface area (Å²) in [4.78, 5) is 16.8. The van der Waals surface area contributed by atoms with E-state index in [9.17, 15) is 9.90 Å². The lowest BCUT2D eigenvalue weighted by atomic mass is 9.91. The van der Waals surface area contributed by atoms with Gasteiger partial charge < -0.3 is 10.4 Å². The Labute approximate surface area is 135 Å². The van der Waals surface area contributed by atoms with Gasteiger partial charge in [-0.3, -0.25) is 4.79 Å². The minimum atomic E-state index is -0.807. The number of hydrogen-bond acceptors (Lipinski definition) is 4. The largest absolute Gasteiger partial charge is 0.481 e. The molecular formula is C14H12Cl2N2O2S. The summed E-state index contributed by atoms with van der Waals surface area (Å²) in [5, 5.41) is 14.2. The van der Waals surface area contributed by atoms with Crippen LogP contribution in [0, 0.1) is 0 Å². The summed E-state index contributed by atoms with van der Waals surface area (Å²) in [6.07, 6.45) is 2.41. The maximum Gasteiger partial charge on any atom is 0.312 e. The van der Waals surface area contributed by atoms with E-state index in [-0.39, 0.29) is 0 Å². The first-order chi connectivity index (χ1) is 10.0. The zero-order valence-corrected chi connectivity index (χ0v) is 13.2. The molecule has 0 aliphatic heterocycles. The van der Waals surface area contributed by atoms with Crippen LogP contribution >= 0.6 is 34.5 Å². The van der Waals surface area contributed by atoms with E-state index in [1.165, 1.54) is 11.3 Å². The van der Waals surface area contributed by atoms with Crippen LogP contribution < -0.4 is 5.32 Å². The first-order valence-corrected chi connectivity index (χ1v) is 8.05. The van der Waals surface area contributed by atoms with E-state index in [1.807, 2.05) is 0 Å². The molecule has 0 spiro atoms.